The maximum atomic E-state index is 13.9. The van der Waals surface area contributed by atoms with E-state index in [9.17, 15) is 4.39 Å². The normalized spacial score (nSPS) is 10.6. The second-order valence-electron chi connectivity index (χ2n) is 4.54. The summed E-state index contributed by atoms with van der Waals surface area (Å²) in [7, 11) is 1.88. The molecule has 0 saturated carbocycles. The van der Waals surface area contributed by atoms with Gasteiger partial charge in [0.25, 0.3) is 0 Å². The minimum Gasteiger partial charge on any atom is -0.389 e. The maximum absolute atomic E-state index is 13.9. The molecule has 3 N–H and O–H groups in total. The van der Waals surface area contributed by atoms with Crippen LogP contribution in [0.2, 0.25) is 0 Å². The molecule has 0 saturated heterocycles. The third-order valence-electron chi connectivity index (χ3n) is 3.05. The molecule has 1 aromatic carbocycles. The van der Waals surface area contributed by atoms with Gasteiger partial charge in [0.15, 0.2) is 0 Å². The lowest BCUT2D eigenvalue weighted by atomic mass is 10.1. The van der Waals surface area contributed by atoms with Gasteiger partial charge in [-0.2, -0.15) is 5.10 Å². The number of nitrogens with zero attached hydrogens (tertiary/aromatic N) is 2. The van der Waals surface area contributed by atoms with Crippen LogP contribution in [0.25, 0.3) is 0 Å². The van der Waals surface area contributed by atoms with Gasteiger partial charge in [-0.15, -0.1) is 0 Å². The fourth-order valence-electron chi connectivity index (χ4n) is 2.03. The summed E-state index contributed by atoms with van der Waals surface area (Å²) in [5.41, 5.74) is 8.50. The Morgan fingerprint density at radius 1 is 1.50 bits per heavy atom. The highest BCUT2D eigenvalue weighted by Crippen LogP contribution is 2.17. The number of hydrogen-bond acceptors (Lipinski definition) is 3. The van der Waals surface area contributed by atoms with Gasteiger partial charge in [-0.1, -0.05) is 19.1 Å². The lowest BCUT2D eigenvalue weighted by Crippen LogP contribution is -2.10. The smallest absolute Gasteiger partial charge is 0.146 e. The molecule has 0 aliphatic rings. The lowest BCUT2D eigenvalue weighted by Gasteiger charge is -2.08. The molecule has 0 amide bonds. The Kier molecular flexibility index (Phi) is 4.34. The van der Waals surface area contributed by atoms with Crippen molar-refractivity contribution in [2.24, 2.45) is 12.8 Å². The first-order chi connectivity index (χ1) is 9.51. The zero-order chi connectivity index (χ0) is 14.7. The molecule has 0 bridgehead atoms. The molecule has 0 fully saturated rings. The summed E-state index contributed by atoms with van der Waals surface area (Å²) in [4.78, 5) is 0.191. The molecule has 2 aromatic rings. The standard InChI is InChI=1S/C14H17FN4S/c1-3-12-10(8-19(2)18-12)7-17-13-5-4-9(14(16)20)6-11(13)15/h4-6,8,17H,3,7H2,1-2H3,(H2,16,20). The van der Waals surface area contributed by atoms with E-state index in [0.717, 1.165) is 17.7 Å². The zero-order valence-electron chi connectivity index (χ0n) is 11.5. The van der Waals surface area contributed by atoms with Gasteiger partial charge >= 0.3 is 0 Å². The third kappa shape index (κ3) is 3.14. The number of aryl methyl sites for hydroxylation is 2. The van der Waals surface area contributed by atoms with Crippen molar-refractivity contribution in [1.29, 1.82) is 0 Å². The van der Waals surface area contributed by atoms with Crippen LogP contribution in [0.1, 0.15) is 23.7 Å². The highest BCUT2D eigenvalue weighted by atomic mass is 32.1. The van der Waals surface area contributed by atoms with E-state index in [1.165, 1.54) is 6.07 Å². The number of nitrogens with one attached hydrogen (secondary N) is 1. The number of benzene rings is 1. The molecule has 0 atom stereocenters. The molecule has 1 heterocycles. The molecule has 0 spiro atoms. The molecule has 0 radical (unpaired) electrons. The Bertz CT molecular complexity index is 636. The topological polar surface area (TPSA) is 55.9 Å². The van der Waals surface area contributed by atoms with Gasteiger partial charge in [-0.3, -0.25) is 4.68 Å². The number of rotatable bonds is 5. The summed E-state index contributed by atoms with van der Waals surface area (Å²) in [6, 6.07) is 4.69. The van der Waals surface area contributed by atoms with Gasteiger partial charge in [0.1, 0.15) is 10.8 Å². The van der Waals surface area contributed by atoms with Crippen molar-refractivity contribution in [3.63, 3.8) is 0 Å². The van der Waals surface area contributed by atoms with Crippen LogP contribution >= 0.6 is 12.2 Å². The summed E-state index contributed by atoms with van der Waals surface area (Å²) < 4.78 is 15.7. The predicted octanol–water partition coefficient (Wildman–Crippen LogP) is 2.37. The first kappa shape index (κ1) is 14.5. The fourth-order valence-corrected chi connectivity index (χ4v) is 2.16. The van der Waals surface area contributed by atoms with Crippen LogP contribution in [0.15, 0.2) is 24.4 Å². The minimum atomic E-state index is -0.364. The summed E-state index contributed by atoms with van der Waals surface area (Å²) in [6.45, 7) is 2.57. The molecule has 0 unspecified atom stereocenters. The van der Waals surface area contributed by atoms with Crippen LogP contribution in [0.4, 0.5) is 10.1 Å². The van der Waals surface area contributed by atoms with Crippen molar-refractivity contribution in [3.05, 3.63) is 47.0 Å². The molecular weight excluding hydrogens is 275 g/mol. The SMILES string of the molecule is CCc1nn(C)cc1CNc1ccc(C(N)=S)cc1F. The third-order valence-corrected chi connectivity index (χ3v) is 3.29. The van der Waals surface area contributed by atoms with Crippen LogP contribution in [-0.2, 0) is 20.0 Å². The summed E-state index contributed by atoms with van der Waals surface area (Å²) >= 11 is 4.82. The van der Waals surface area contributed by atoms with Gasteiger partial charge in [-0.05, 0) is 24.6 Å². The van der Waals surface area contributed by atoms with Crippen LogP contribution in [-0.4, -0.2) is 14.8 Å². The molecule has 106 valence electrons. The minimum absolute atomic E-state index is 0.191. The number of halogens is 1. The second-order valence-corrected chi connectivity index (χ2v) is 4.98. The average molecular weight is 292 g/mol. The Morgan fingerprint density at radius 3 is 2.85 bits per heavy atom. The molecular formula is C14H17FN4S. The van der Waals surface area contributed by atoms with E-state index < -0.39 is 0 Å². The number of anilines is 1. The van der Waals surface area contributed by atoms with E-state index in [4.69, 9.17) is 18.0 Å². The van der Waals surface area contributed by atoms with Crippen molar-refractivity contribution in [2.45, 2.75) is 19.9 Å². The van der Waals surface area contributed by atoms with E-state index in [1.807, 2.05) is 20.2 Å². The first-order valence-electron chi connectivity index (χ1n) is 6.36. The quantitative estimate of drug-likeness (QED) is 0.831. The Labute approximate surface area is 122 Å². The number of aromatic nitrogens is 2. The van der Waals surface area contributed by atoms with Crippen LogP contribution < -0.4 is 11.1 Å². The predicted molar refractivity (Wildman–Crippen MR) is 82.2 cm³/mol. The van der Waals surface area contributed by atoms with Gasteiger partial charge in [0.05, 0.1) is 11.4 Å². The van der Waals surface area contributed by atoms with Crippen molar-refractivity contribution in [1.82, 2.24) is 9.78 Å². The monoisotopic (exact) mass is 292 g/mol. The molecule has 4 nitrogen and oxygen atoms in total. The summed E-state index contributed by atoms with van der Waals surface area (Å²) in [5.74, 6) is -0.364. The first-order valence-corrected chi connectivity index (χ1v) is 6.76. The largest absolute Gasteiger partial charge is 0.389 e. The number of thiocarbonyl (C=S) groups is 1. The lowest BCUT2D eigenvalue weighted by molar-refractivity contribution is 0.630. The second kappa shape index (κ2) is 6.00. The summed E-state index contributed by atoms with van der Waals surface area (Å²) in [6.07, 6.45) is 2.79. The van der Waals surface area contributed by atoms with Gasteiger partial charge in [0.2, 0.25) is 0 Å². The van der Waals surface area contributed by atoms with Crippen molar-refractivity contribution < 1.29 is 4.39 Å². The number of hydrogen-bond donors (Lipinski definition) is 2. The molecule has 0 aliphatic carbocycles. The molecule has 0 aliphatic heterocycles. The molecule has 1 aromatic heterocycles. The van der Waals surface area contributed by atoms with E-state index in [0.29, 0.717) is 17.8 Å². The average Bonchev–Trinajstić information content (AvgIpc) is 2.77. The van der Waals surface area contributed by atoms with Crippen molar-refractivity contribution >= 4 is 22.9 Å². The van der Waals surface area contributed by atoms with Crippen molar-refractivity contribution in [2.75, 3.05) is 5.32 Å². The highest BCUT2D eigenvalue weighted by Gasteiger charge is 2.08. The van der Waals surface area contributed by atoms with Gasteiger partial charge < -0.3 is 11.1 Å². The van der Waals surface area contributed by atoms with Gasteiger partial charge in [-0.25, -0.2) is 4.39 Å². The molecule has 2 rings (SSSR count). The highest BCUT2D eigenvalue weighted by molar-refractivity contribution is 7.80. The van der Waals surface area contributed by atoms with E-state index in [2.05, 4.69) is 10.4 Å². The van der Waals surface area contributed by atoms with E-state index in [1.54, 1.807) is 16.8 Å². The van der Waals surface area contributed by atoms with Gasteiger partial charge in [0, 0.05) is 30.9 Å². The van der Waals surface area contributed by atoms with E-state index in [-0.39, 0.29) is 10.8 Å². The summed E-state index contributed by atoms with van der Waals surface area (Å²) in [5, 5.41) is 7.42. The van der Waals surface area contributed by atoms with E-state index >= 15 is 0 Å². The molecule has 20 heavy (non-hydrogen) atoms. The fraction of sp³-hybridized carbons (Fsp3) is 0.286. The maximum Gasteiger partial charge on any atom is 0.146 e. The number of nitrogens with two attached hydrogens (primary N) is 1. The zero-order valence-corrected chi connectivity index (χ0v) is 12.3. The van der Waals surface area contributed by atoms with Crippen LogP contribution in [0.3, 0.4) is 0 Å². The van der Waals surface area contributed by atoms with Crippen molar-refractivity contribution in [3.8, 4) is 0 Å². The molecule has 6 heteroatoms. The Morgan fingerprint density at radius 2 is 2.25 bits per heavy atom. The Hall–Kier alpha value is -1.95. The van der Waals surface area contributed by atoms with Crippen LogP contribution in [0.5, 0.6) is 0 Å². The van der Waals surface area contributed by atoms with Crippen LogP contribution in [0, 0.1) is 5.82 Å². The Balaban J connectivity index is 2.12.